The average molecular weight is 282 g/mol. The maximum absolute atomic E-state index is 11.9. The number of ether oxygens (including phenoxy) is 2. The summed E-state index contributed by atoms with van der Waals surface area (Å²) in [6, 6.07) is 17.8. The van der Waals surface area contributed by atoms with Gasteiger partial charge in [-0.25, -0.2) is 4.79 Å². The highest BCUT2D eigenvalue weighted by molar-refractivity contribution is 6.00. The van der Waals surface area contributed by atoms with E-state index in [1.165, 1.54) is 5.94 Å². The van der Waals surface area contributed by atoms with E-state index in [-0.39, 0.29) is 18.8 Å². The Morgan fingerprint density at radius 3 is 2.05 bits per heavy atom. The van der Waals surface area contributed by atoms with Crippen LogP contribution in [0.2, 0.25) is 0 Å². The number of rotatable bonds is 7. The molecule has 0 aliphatic rings. The maximum Gasteiger partial charge on any atom is 0.253 e. The van der Waals surface area contributed by atoms with E-state index in [1.54, 1.807) is 36.4 Å². The molecule has 0 N–H and O–H groups in total. The van der Waals surface area contributed by atoms with Gasteiger partial charge in [0.05, 0.1) is 6.61 Å². The molecule has 0 spiro atoms. The highest BCUT2D eigenvalue weighted by atomic mass is 16.5. The lowest BCUT2D eigenvalue weighted by Gasteiger charge is -2.07. The lowest BCUT2D eigenvalue weighted by molar-refractivity contribution is -0.117. The summed E-state index contributed by atoms with van der Waals surface area (Å²) in [7, 11) is 0. The van der Waals surface area contributed by atoms with Crippen molar-refractivity contribution in [3.63, 3.8) is 0 Å². The molecule has 0 saturated heterocycles. The Kier molecular flexibility index (Phi) is 5.33. The largest absolute Gasteiger partial charge is 0.493 e. The van der Waals surface area contributed by atoms with E-state index in [1.807, 2.05) is 24.3 Å². The van der Waals surface area contributed by atoms with Crippen molar-refractivity contribution in [2.45, 2.75) is 6.42 Å². The third kappa shape index (κ3) is 4.64. The highest BCUT2D eigenvalue weighted by Gasteiger charge is 2.13. The summed E-state index contributed by atoms with van der Waals surface area (Å²) in [5, 5.41) is 0. The molecule has 21 heavy (non-hydrogen) atoms. The van der Waals surface area contributed by atoms with Crippen LogP contribution in [0, 0.1) is 0 Å². The monoisotopic (exact) mass is 282 g/mol. The number of carbonyl (C=O) groups is 1. The second kappa shape index (κ2) is 7.68. The van der Waals surface area contributed by atoms with E-state index in [9.17, 15) is 9.59 Å². The molecular formula is C17H14O4. The fourth-order valence-corrected chi connectivity index (χ4v) is 1.63. The van der Waals surface area contributed by atoms with Gasteiger partial charge in [-0.3, -0.25) is 4.79 Å². The standard InChI is InChI=1S/C17H14O4/c18-13-17(21-15-9-5-2-6-10-15)16(19)11-12-20-14-7-3-1-4-8-14/h1-10H,11-12H2. The molecule has 4 nitrogen and oxygen atoms in total. The molecule has 106 valence electrons. The normalized spacial score (nSPS) is 9.52. The van der Waals surface area contributed by atoms with Crippen molar-refractivity contribution in [3.05, 3.63) is 66.4 Å². The second-order valence-corrected chi connectivity index (χ2v) is 4.18. The number of hydrogen-bond donors (Lipinski definition) is 0. The Bertz CT molecular complexity index is 628. The predicted octanol–water partition coefficient (Wildman–Crippen LogP) is 2.82. The fraction of sp³-hybridized carbons (Fsp3) is 0.118. The third-order valence-corrected chi connectivity index (χ3v) is 2.65. The molecule has 2 aromatic rings. The van der Waals surface area contributed by atoms with E-state index < -0.39 is 5.78 Å². The predicted molar refractivity (Wildman–Crippen MR) is 77.8 cm³/mol. The first kappa shape index (κ1) is 14.6. The Hall–Kier alpha value is -2.84. The van der Waals surface area contributed by atoms with Gasteiger partial charge < -0.3 is 9.47 Å². The number of para-hydroxylation sites is 2. The second-order valence-electron chi connectivity index (χ2n) is 4.18. The summed E-state index contributed by atoms with van der Waals surface area (Å²) in [5.41, 5.74) is 0. The smallest absolute Gasteiger partial charge is 0.253 e. The summed E-state index contributed by atoms with van der Waals surface area (Å²) < 4.78 is 10.6. The fourth-order valence-electron chi connectivity index (χ4n) is 1.63. The molecule has 0 amide bonds. The van der Waals surface area contributed by atoms with Crippen LogP contribution in [0.3, 0.4) is 0 Å². The van der Waals surface area contributed by atoms with Crippen molar-refractivity contribution < 1.29 is 19.1 Å². The van der Waals surface area contributed by atoms with Crippen LogP contribution < -0.4 is 9.47 Å². The van der Waals surface area contributed by atoms with Crippen LogP contribution in [0.4, 0.5) is 0 Å². The maximum atomic E-state index is 11.9. The lowest BCUT2D eigenvalue weighted by Crippen LogP contribution is -2.13. The topological polar surface area (TPSA) is 52.6 Å². The Morgan fingerprint density at radius 1 is 0.905 bits per heavy atom. The minimum Gasteiger partial charge on any atom is -0.493 e. The van der Waals surface area contributed by atoms with Gasteiger partial charge in [0.25, 0.3) is 5.76 Å². The zero-order valence-corrected chi connectivity index (χ0v) is 11.3. The number of Topliss-reactive ketones (excluding diaryl/α,β-unsaturated/α-hetero) is 1. The first-order valence-electron chi connectivity index (χ1n) is 6.48. The van der Waals surface area contributed by atoms with Crippen LogP contribution in [0.1, 0.15) is 6.42 Å². The van der Waals surface area contributed by atoms with Crippen molar-refractivity contribution in [1.82, 2.24) is 0 Å². The quantitative estimate of drug-likeness (QED) is 0.445. The van der Waals surface area contributed by atoms with Crippen LogP contribution in [-0.4, -0.2) is 18.3 Å². The molecule has 2 aromatic carbocycles. The molecule has 0 unspecified atom stereocenters. The zero-order valence-electron chi connectivity index (χ0n) is 11.3. The Balaban J connectivity index is 1.85. The van der Waals surface area contributed by atoms with Gasteiger partial charge in [0.15, 0.2) is 5.94 Å². The van der Waals surface area contributed by atoms with E-state index in [4.69, 9.17) is 9.47 Å². The van der Waals surface area contributed by atoms with Crippen LogP contribution in [0.25, 0.3) is 0 Å². The number of allylic oxidation sites excluding steroid dienone is 1. The minimum absolute atomic E-state index is 0.0479. The summed E-state index contributed by atoms with van der Waals surface area (Å²) in [6.45, 7) is 0.173. The SMILES string of the molecule is O=C=C(Oc1ccccc1)C(=O)CCOc1ccccc1. The molecule has 0 radical (unpaired) electrons. The van der Waals surface area contributed by atoms with Gasteiger partial charge in [-0.15, -0.1) is 0 Å². The van der Waals surface area contributed by atoms with Crippen LogP contribution in [-0.2, 0) is 9.59 Å². The van der Waals surface area contributed by atoms with E-state index >= 15 is 0 Å². The Morgan fingerprint density at radius 2 is 1.48 bits per heavy atom. The Labute approximate surface area is 122 Å². The van der Waals surface area contributed by atoms with Crippen LogP contribution in [0.15, 0.2) is 66.4 Å². The van der Waals surface area contributed by atoms with Gasteiger partial charge in [-0.1, -0.05) is 36.4 Å². The molecule has 0 heterocycles. The van der Waals surface area contributed by atoms with Gasteiger partial charge >= 0.3 is 0 Å². The average Bonchev–Trinajstić information content (AvgIpc) is 2.54. The number of hydrogen-bond acceptors (Lipinski definition) is 4. The summed E-state index contributed by atoms with van der Waals surface area (Å²) in [4.78, 5) is 22.7. The van der Waals surface area contributed by atoms with Crippen molar-refractivity contribution >= 4 is 11.7 Å². The molecule has 0 fully saturated rings. The van der Waals surface area contributed by atoms with Gasteiger partial charge in [0.2, 0.25) is 5.78 Å². The minimum atomic E-state index is -0.440. The first-order valence-corrected chi connectivity index (χ1v) is 6.48. The highest BCUT2D eigenvalue weighted by Crippen LogP contribution is 2.13. The van der Waals surface area contributed by atoms with E-state index in [0.717, 1.165) is 0 Å². The summed E-state index contributed by atoms with van der Waals surface area (Å²) in [6.07, 6.45) is 0.0479. The van der Waals surface area contributed by atoms with Gasteiger partial charge in [-0.2, -0.15) is 0 Å². The van der Waals surface area contributed by atoms with Crippen molar-refractivity contribution in [2.24, 2.45) is 0 Å². The lowest BCUT2D eigenvalue weighted by atomic mass is 10.2. The van der Waals surface area contributed by atoms with Gasteiger partial charge in [0.1, 0.15) is 11.5 Å². The molecular weight excluding hydrogens is 268 g/mol. The number of ketones is 1. The number of carbonyl (C=O) groups excluding carboxylic acids is 2. The van der Waals surface area contributed by atoms with Crippen molar-refractivity contribution in [1.29, 1.82) is 0 Å². The molecule has 0 aliphatic heterocycles. The van der Waals surface area contributed by atoms with Gasteiger partial charge in [0, 0.05) is 6.42 Å². The summed E-state index contributed by atoms with van der Waals surface area (Å²) in [5.74, 6) is 1.86. The van der Waals surface area contributed by atoms with E-state index in [2.05, 4.69) is 0 Å². The molecule has 0 atom stereocenters. The first-order chi connectivity index (χ1) is 10.3. The molecule has 0 saturated carbocycles. The van der Waals surface area contributed by atoms with Crippen molar-refractivity contribution in [2.75, 3.05) is 6.61 Å². The number of benzene rings is 2. The van der Waals surface area contributed by atoms with Gasteiger partial charge in [-0.05, 0) is 24.3 Å². The van der Waals surface area contributed by atoms with Crippen LogP contribution >= 0.6 is 0 Å². The molecule has 0 aliphatic carbocycles. The molecule has 0 bridgehead atoms. The summed E-state index contributed by atoms with van der Waals surface area (Å²) >= 11 is 0. The van der Waals surface area contributed by atoms with Crippen LogP contribution in [0.5, 0.6) is 11.5 Å². The molecule has 0 aromatic heterocycles. The zero-order chi connectivity index (χ0) is 14.9. The van der Waals surface area contributed by atoms with E-state index in [0.29, 0.717) is 11.5 Å². The molecule has 2 rings (SSSR count). The molecule has 4 heteroatoms. The van der Waals surface area contributed by atoms with Crippen molar-refractivity contribution in [3.8, 4) is 11.5 Å². The third-order valence-electron chi connectivity index (χ3n) is 2.65.